The molecule has 0 N–H and O–H groups in total. The van der Waals surface area contributed by atoms with Crippen molar-refractivity contribution >= 4 is 17.1 Å². The zero-order chi connectivity index (χ0) is 16.4. The summed E-state index contributed by atoms with van der Waals surface area (Å²) >= 11 is 0. The first-order chi connectivity index (χ1) is 11.1. The number of azo groups is 1. The van der Waals surface area contributed by atoms with Gasteiger partial charge in [0.2, 0.25) is 5.88 Å². The highest BCUT2D eigenvalue weighted by Crippen LogP contribution is 2.30. The summed E-state index contributed by atoms with van der Waals surface area (Å²) in [6.07, 6.45) is 3.59. The first-order valence-corrected chi connectivity index (χ1v) is 7.36. The molecule has 0 bridgehead atoms. The molecule has 3 heterocycles. The van der Waals surface area contributed by atoms with Crippen LogP contribution < -0.4 is 4.74 Å². The third-order valence-corrected chi connectivity index (χ3v) is 3.76. The maximum Gasteiger partial charge on any atom is 0.335 e. The van der Waals surface area contributed by atoms with E-state index in [-0.39, 0.29) is 12.0 Å². The zero-order valence-corrected chi connectivity index (χ0v) is 13.3. The van der Waals surface area contributed by atoms with Gasteiger partial charge < -0.3 is 14.0 Å². The third kappa shape index (κ3) is 2.73. The van der Waals surface area contributed by atoms with Crippen LogP contribution in [0.5, 0.6) is 5.88 Å². The average molecular weight is 318 g/mol. The Hall–Kier alpha value is -2.58. The van der Waals surface area contributed by atoms with Gasteiger partial charge in [0.1, 0.15) is 6.33 Å². The summed E-state index contributed by atoms with van der Waals surface area (Å²) in [6, 6.07) is -0.136. The lowest BCUT2D eigenvalue weighted by molar-refractivity contribution is -0.148. The van der Waals surface area contributed by atoms with Gasteiger partial charge in [-0.3, -0.25) is 0 Å². The zero-order valence-electron chi connectivity index (χ0n) is 13.3. The van der Waals surface area contributed by atoms with Crippen molar-refractivity contribution in [1.29, 1.82) is 0 Å². The Kier molecular flexibility index (Phi) is 3.93. The summed E-state index contributed by atoms with van der Waals surface area (Å²) in [5.41, 5.74) is 0.346. The van der Waals surface area contributed by atoms with Crippen molar-refractivity contribution in [2.24, 2.45) is 10.2 Å². The number of esters is 1. The third-order valence-electron chi connectivity index (χ3n) is 3.76. The predicted molar refractivity (Wildman–Crippen MR) is 80.2 cm³/mol. The molecule has 2 unspecified atom stereocenters. The minimum absolute atomic E-state index is 0.136. The largest absolute Gasteiger partial charge is 0.479 e. The van der Waals surface area contributed by atoms with Gasteiger partial charge >= 0.3 is 5.97 Å². The molecule has 3 rings (SSSR count). The van der Waals surface area contributed by atoms with Crippen molar-refractivity contribution in [2.75, 3.05) is 13.7 Å². The number of carbonyl (C=O) groups excluding carboxylic acids is 1. The van der Waals surface area contributed by atoms with E-state index in [2.05, 4.69) is 25.2 Å². The Morgan fingerprint density at radius 1 is 1.43 bits per heavy atom. The fourth-order valence-electron chi connectivity index (χ4n) is 2.63. The molecule has 1 aliphatic rings. The molecule has 0 radical (unpaired) electrons. The Bertz CT molecular complexity index is 758. The molecule has 0 fully saturated rings. The molecule has 2 aromatic rings. The van der Waals surface area contributed by atoms with Crippen molar-refractivity contribution < 1.29 is 14.3 Å². The highest BCUT2D eigenvalue weighted by atomic mass is 16.5. The molecule has 23 heavy (non-hydrogen) atoms. The van der Waals surface area contributed by atoms with Crippen LogP contribution in [0.2, 0.25) is 0 Å². The number of methoxy groups -OCH3 is 1. The normalized spacial score (nSPS) is 23.3. The average Bonchev–Trinajstić information content (AvgIpc) is 3.13. The molecule has 0 aromatic carbocycles. The standard InChI is InChI=1S/C14H18N6O3/c1-4-23-13(21)14(2)5-9(18-19-14)6-20-8-17-10-11(20)15-7-16-12(10)22-3/h7-9H,4-6H2,1-3H3. The van der Waals surface area contributed by atoms with Gasteiger partial charge in [-0.2, -0.15) is 15.2 Å². The molecule has 122 valence electrons. The number of aromatic nitrogens is 4. The van der Waals surface area contributed by atoms with Crippen LogP contribution in [0, 0.1) is 0 Å². The molecule has 1 aliphatic heterocycles. The van der Waals surface area contributed by atoms with Gasteiger partial charge in [0.25, 0.3) is 0 Å². The molecule has 9 heteroatoms. The van der Waals surface area contributed by atoms with Crippen molar-refractivity contribution in [3.63, 3.8) is 0 Å². The van der Waals surface area contributed by atoms with Gasteiger partial charge in [0.15, 0.2) is 16.7 Å². The minimum atomic E-state index is -0.913. The fraction of sp³-hybridized carbons (Fsp3) is 0.571. The number of fused-ring (bicyclic) bond motifs is 1. The van der Waals surface area contributed by atoms with Gasteiger partial charge in [0, 0.05) is 13.0 Å². The van der Waals surface area contributed by atoms with Gasteiger partial charge in [-0.05, 0) is 13.8 Å². The van der Waals surface area contributed by atoms with E-state index in [0.29, 0.717) is 36.6 Å². The van der Waals surface area contributed by atoms with Crippen LogP contribution in [0.3, 0.4) is 0 Å². The SMILES string of the molecule is CCOC(=O)C1(C)CC(Cn2cnc3c(OC)ncnc32)N=N1. The first-order valence-electron chi connectivity index (χ1n) is 7.36. The summed E-state index contributed by atoms with van der Waals surface area (Å²) in [5.74, 6) is 0.0869. The second kappa shape index (κ2) is 5.90. The summed E-state index contributed by atoms with van der Waals surface area (Å²) in [6.45, 7) is 4.37. The lowest BCUT2D eigenvalue weighted by atomic mass is 9.96. The molecule has 2 atom stereocenters. The maximum absolute atomic E-state index is 12.0. The Morgan fingerprint density at radius 2 is 2.26 bits per heavy atom. The van der Waals surface area contributed by atoms with Crippen LogP contribution in [0.1, 0.15) is 20.3 Å². The topological polar surface area (TPSA) is 104 Å². The molecule has 0 spiro atoms. The Labute approximate surface area is 132 Å². The lowest BCUT2D eigenvalue weighted by Gasteiger charge is -2.17. The number of hydrogen-bond donors (Lipinski definition) is 0. The van der Waals surface area contributed by atoms with E-state index in [1.807, 2.05) is 4.57 Å². The quantitative estimate of drug-likeness (QED) is 0.771. The second-order valence-corrected chi connectivity index (χ2v) is 5.52. The molecular formula is C14H18N6O3. The Balaban J connectivity index is 1.77. The van der Waals surface area contributed by atoms with Crippen molar-refractivity contribution in [3.05, 3.63) is 12.7 Å². The summed E-state index contributed by atoms with van der Waals surface area (Å²) in [4.78, 5) is 24.5. The van der Waals surface area contributed by atoms with E-state index in [1.165, 1.54) is 13.4 Å². The first kappa shape index (κ1) is 15.3. The maximum atomic E-state index is 12.0. The van der Waals surface area contributed by atoms with Crippen LogP contribution in [0.25, 0.3) is 11.2 Å². The van der Waals surface area contributed by atoms with Crippen LogP contribution in [0.15, 0.2) is 22.9 Å². The molecule has 0 saturated carbocycles. The molecule has 0 aliphatic carbocycles. The van der Waals surface area contributed by atoms with Gasteiger partial charge in [-0.1, -0.05) is 0 Å². The van der Waals surface area contributed by atoms with Crippen molar-refractivity contribution in [1.82, 2.24) is 19.5 Å². The molecule has 0 saturated heterocycles. The van der Waals surface area contributed by atoms with E-state index in [4.69, 9.17) is 9.47 Å². The van der Waals surface area contributed by atoms with E-state index < -0.39 is 5.54 Å². The summed E-state index contributed by atoms with van der Waals surface area (Å²) in [7, 11) is 1.54. The van der Waals surface area contributed by atoms with Crippen LogP contribution >= 0.6 is 0 Å². The van der Waals surface area contributed by atoms with Crippen LogP contribution in [0.4, 0.5) is 0 Å². The monoisotopic (exact) mass is 318 g/mol. The smallest absolute Gasteiger partial charge is 0.335 e. The number of ether oxygens (including phenoxy) is 2. The summed E-state index contributed by atoms with van der Waals surface area (Å²) in [5, 5.41) is 8.34. The highest BCUT2D eigenvalue weighted by Gasteiger charge is 2.42. The summed E-state index contributed by atoms with van der Waals surface area (Å²) < 4.78 is 12.1. The highest BCUT2D eigenvalue weighted by molar-refractivity contribution is 5.81. The van der Waals surface area contributed by atoms with Crippen molar-refractivity contribution in [3.8, 4) is 5.88 Å². The number of hydrogen-bond acceptors (Lipinski definition) is 8. The number of rotatable bonds is 5. The van der Waals surface area contributed by atoms with E-state index in [1.54, 1.807) is 20.2 Å². The Morgan fingerprint density at radius 3 is 3.00 bits per heavy atom. The van der Waals surface area contributed by atoms with Crippen molar-refractivity contribution in [2.45, 2.75) is 38.4 Å². The van der Waals surface area contributed by atoms with Gasteiger partial charge in [-0.25, -0.2) is 14.8 Å². The number of carbonyl (C=O) groups is 1. The van der Waals surface area contributed by atoms with Crippen LogP contribution in [-0.2, 0) is 16.1 Å². The van der Waals surface area contributed by atoms with Gasteiger partial charge in [-0.15, -0.1) is 0 Å². The molecule has 9 nitrogen and oxygen atoms in total. The second-order valence-electron chi connectivity index (χ2n) is 5.52. The van der Waals surface area contributed by atoms with E-state index >= 15 is 0 Å². The fourth-order valence-corrected chi connectivity index (χ4v) is 2.63. The van der Waals surface area contributed by atoms with E-state index in [9.17, 15) is 4.79 Å². The molecule has 0 amide bonds. The van der Waals surface area contributed by atoms with E-state index in [0.717, 1.165) is 0 Å². The lowest BCUT2D eigenvalue weighted by Crippen LogP contribution is -2.35. The molecular weight excluding hydrogens is 300 g/mol. The minimum Gasteiger partial charge on any atom is -0.479 e. The van der Waals surface area contributed by atoms with Crippen LogP contribution in [-0.4, -0.2) is 50.8 Å². The predicted octanol–water partition coefficient (Wildman–Crippen LogP) is 1.38. The number of nitrogens with zero attached hydrogens (tertiary/aromatic N) is 6. The number of imidazole rings is 1. The molecule has 2 aromatic heterocycles. The van der Waals surface area contributed by atoms with Gasteiger partial charge in [0.05, 0.1) is 26.1 Å².